The van der Waals surface area contributed by atoms with Crippen molar-refractivity contribution in [3.63, 3.8) is 0 Å². The third kappa shape index (κ3) is 3.20. The number of nitrogens with one attached hydrogen (secondary N) is 1. The maximum Gasteiger partial charge on any atom is 0.257 e. The van der Waals surface area contributed by atoms with E-state index >= 15 is 0 Å². The molecule has 106 valence electrons. The van der Waals surface area contributed by atoms with Gasteiger partial charge in [-0.15, -0.1) is 10.2 Å². The first kappa shape index (κ1) is 14.6. The van der Waals surface area contributed by atoms with Gasteiger partial charge in [-0.05, 0) is 24.5 Å². The number of carbonyl (C=O) groups excluding carboxylic acids is 1. The van der Waals surface area contributed by atoms with E-state index in [1.54, 1.807) is 25.3 Å². The summed E-state index contributed by atoms with van der Waals surface area (Å²) in [7, 11) is 3.07. The lowest BCUT2D eigenvalue weighted by atomic mass is 10.2. The zero-order valence-corrected chi connectivity index (χ0v) is 12.8. The van der Waals surface area contributed by atoms with E-state index in [0.717, 1.165) is 4.34 Å². The van der Waals surface area contributed by atoms with Crippen molar-refractivity contribution in [3.8, 4) is 11.5 Å². The molecule has 0 unspecified atom stereocenters. The summed E-state index contributed by atoms with van der Waals surface area (Å²) in [6.45, 7) is 0. The highest BCUT2D eigenvalue weighted by atomic mass is 32.2. The second-order valence-electron chi connectivity index (χ2n) is 3.60. The van der Waals surface area contributed by atoms with Crippen molar-refractivity contribution < 1.29 is 14.3 Å². The number of carbonyl (C=O) groups is 1. The fraction of sp³-hybridized carbons (Fsp3) is 0.250. The Morgan fingerprint density at radius 2 is 2.00 bits per heavy atom. The molecule has 20 heavy (non-hydrogen) atoms. The lowest BCUT2D eigenvalue weighted by molar-refractivity contribution is 0.102. The standard InChI is InChI=1S/C12H13N3O3S2/c1-17-8-5-4-7(6-9(8)18-2)10(16)13-11-14-15-12(19-3)20-11/h4-6H,1-3H3,(H,13,14,16). The highest BCUT2D eigenvalue weighted by Gasteiger charge is 2.13. The molecule has 8 heteroatoms. The van der Waals surface area contributed by atoms with Gasteiger partial charge in [0.1, 0.15) is 0 Å². The van der Waals surface area contributed by atoms with Crippen LogP contribution in [-0.2, 0) is 0 Å². The molecule has 2 aromatic rings. The van der Waals surface area contributed by atoms with Crippen molar-refractivity contribution >= 4 is 34.1 Å². The van der Waals surface area contributed by atoms with Crippen LogP contribution in [0.2, 0.25) is 0 Å². The molecule has 0 saturated carbocycles. The van der Waals surface area contributed by atoms with E-state index in [2.05, 4.69) is 15.5 Å². The Bertz CT molecular complexity index is 616. The van der Waals surface area contributed by atoms with E-state index in [1.807, 2.05) is 6.26 Å². The second-order valence-corrected chi connectivity index (χ2v) is 5.63. The molecular weight excluding hydrogens is 298 g/mol. The largest absolute Gasteiger partial charge is 0.493 e. The molecule has 6 nitrogen and oxygen atoms in total. The van der Waals surface area contributed by atoms with Gasteiger partial charge in [-0.2, -0.15) is 0 Å². The van der Waals surface area contributed by atoms with Crippen LogP contribution in [0.1, 0.15) is 10.4 Å². The molecule has 1 aromatic carbocycles. The van der Waals surface area contributed by atoms with Crippen LogP contribution in [-0.4, -0.2) is 36.6 Å². The van der Waals surface area contributed by atoms with E-state index in [0.29, 0.717) is 22.2 Å². The van der Waals surface area contributed by atoms with Gasteiger partial charge in [0.15, 0.2) is 15.8 Å². The van der Waals surface area contributed by atoms with Gasteiger partial charge in [0.2, 0.25) is 5.13 Å². The van der Waals surface area contributed by atoms with Gasteiger partial charge in [0.05, 0.1) is 14.2 Å². The minimum absolute atomic E-state index is 0.269. The zero-order valence-electron chi connectivity index (χ0n) is 11.2. The molecule has 0 spiro atoms. The third-order valence-electron chi connectivity index (χ3n) is 2.45. The quantitative estimate of drug-likeness (QED) is 0.675. The molecule has 0 aliphatic carbocycles. The average molecular weight is 311 g/mol. The first-order valence-corrected chi connectivity index (χ1v) is 7.63. The molecule has 0 bridgehead atoms. The van der Waals surface area contributed by atoms with E-state index in [-0.39, 0.29) is 5.91 Å². The fourth-order valence-electron chi connectivity index (χ4n) is 1.49. The SMILES string of the molecule is COc1ccc(C(=O)Nc2nnc(SC)s2)cc1OC. The number of ether oxygens (including phenoxy) is 2. The van der Waals surface area contributed by atoms with Crippen LogP contribution in [0.25, 0.3) is 0 Å². The first-order valence-electron chi connectivity index (χ1n) is 5.58. The summed E-state index contributed by atoms with van der Waals surface area (Å²) in [5.74, 6) is 0.807. The number of hydrogen-bond acceptors (Lipinski definition) is 7. The Hall–Kier alpha value is -1.80. The number of aromatic nitrogens is 2. The van der Waals surface area contributed by atoms with Crippen LogP contribution >= 0.6 is 23.1 Å². The van der Waals surface area contributed by atoms with Crippen LogP contribution in [0.4, 0.5) is 5.13 Å². The molecule has 1 heterocycles. The number of anilines is 1. The Kier molecular flexibility index (Phi) is 4.80. The van der Waals surface area contributed by atoms with E-state index in [4.69, 9.17) is 9.47 Å². The van der Waals surface area contributed by atoms with Gasteiger partial charge in [-0.3, -0.25) is 10.1 Å². The summed E-state index contributed by atoms with van der Waals surface area (Å²) in [5.41, 5.74) is 0.462. The molecular formula is C12H13N3O3S2. The van der Waals surface area contributed by atoms with Gasteiger partial charge in [0.25, 0.3) is 5.91 Å². The van der Waals surface area contributed by atoms with Crippen LogP contribution in [0, 0.1) is 0 Å². The highest BCUT2D eigenvalue weighted by molar-refractivity contribution is 8.00. The summed E-state index contributed by atoms with van der Waals surface area (Å²) in [6, 6.07) is 4.96. The van der Waals surface area contributed by atoms with Crippen molar-refractivity contribution in [1.82, 2.24) is 10.2 Å². The predicted octanol–water partition coefficient (Wildman–Crippen LogP) is 2.53. The molecule has 0 fully saturated rings. The Labute approximate surface area is 124 Å². The minimum atomic E-state index is -0.269. The van der Waals surface area contributed by atoms with Gasteiger partial charge in [0, 0.05) is 5.56 Å². The van der Waals surface area contributed by atoms with Crippen molar-refractivity contribution in [3.05, 3.63) is 23.8 Å². The van der Waals surface area contributed by atoms with Crippen LogP contribution in [0.5, 0.6) is 11.5 Å². The van der Waals surface area contributed by atoms with Crippen molar-refractivity contribution in [1.29, 1.82) is 0 Å². The summed E-state index contributed by atoms with van der Waals surface area (Å²) in [6.07, 6.45) is 1.90. The van der Waals surface area contributed by atoms with Crippen LogP contribution in [0.15, 0.2) is 22.5 Å². The predicted molar refractivity (Wildman–Crippen MR) is 79.2 cm³/mol. The monoisotopic (exact) mass is 311 g/mol. The molecule has 0 saturated heterocycles. The number of amides is 1. The topological polar surface area (TPSA) is 73.3 Å². The Morgan fingerprint density at radius 3 is 2.60 bits per heavy atom. The lowest BCUT2D eigenvalue weighted by Crippen LogP contribution is -2.11. The number of hydrogen-bond donors (Lipinski definition) is 1. The normalized spacial score (nSPS) is 10.2. The number of thioether (sulfide) groups is 1. The maximum absolute atomic E-state index is 12.1. The molecule has 1 aromatic heterocycles. The summed E-state index contributed by atoms with van der Waals surface area (Å²) < 4.78 is 11.1. The number of nitrogens with zero attached hydrogens (tertiary/aromatic N) is 2. The number of benzene rings is 1. The molecule has 1 amide bonds. The zero-order chi connectivity index (χ0) is 14.5. The van der Waals surface area contributed by atoms with Crippen LogP contribution in [0.3, 0.4) is 0 Å². The lowest BCUT2D eigenvalue weighted by Gasteiger charge is -2.08. The number of rotatable bonds is 5. The highest BCUT2D eigenvalue weighted by Crippen LogP contribution is 2.28. The van der Waals surface area contributed by atoms with Crippen LogP contribution < -0.4 is 14.8 Å². The minimum Gasteiger partial charge on any atom is -0.493 e. The molecule has 0 atom stereocenters. The van der Waals surface area contributed by atoms with E-state index < -0.39 is 0 Å². The van der Waals surface area contributed by atoms with Gasteiger partial charge < -0.3 is 9.47 Å². The first-order chi connectivity index (χ1) is 9.67. The Morgan fingerprint density at radius 1 is 1.25 bits per heavy atom. The van der Waals surface area contributed by atoms with Crippen molar-refractivity contribution in [2.45, 2.75) is 4.34 Å². The third-order valence-corrected chi connectivity index (χ3v) is 4.26. The molecule has 0 radical (unpaired) electrons. The molecule has 2 rings (SSSR count). The summed E-state index contributed by atoms with van der Waals surface area (Å²) >= 11 is 2.81. The van der Waals surface area contributed by atoms with Crippen molar-refractivity contribution in [2.75, 3.05) is 25.8 Å². The second kappa shape index (κ2) is 6.58. The summed E-state index contributed by atoms with van der Waals surface area (Å²) in [5, 5.41) is 11.0. The number of methoxy groups -OCH3 is 2. The van der Waals surface area contributed by atoms with Gasteiger partial charge in [-0.25, -0.2) is 0 Å². The van der Waals surface area contributed by atoms with E-state index in [1.165, 1.54) is 30.2 Å². The van der Waals surface area contributed by atoms with Gasteiger partial charge >= 0.3 is 0 Å². The van der Waals surface area contributed by atoms with Gasteiger partial charge in [-0.1, -0.05) is 23.1 Å². The maximum atomic E-state index is 12.1. The smallest absolute Gasteiger partial charge is 0.257 e. The fourth-order valence-corrected chi connectivity index (χ4v) is 2.65. The molecule has 0 aliphatic rings. The van der Waals surface area contributed by atoms with Crippen molar-refractivity contribution in [2.24, 2.45) is 0 Å². The molecule has 1 N–H and O–H groups in total. The average Bonchev–Trinajstić information content (AvgIpc) is 2.94. The molecule has 0 aliphatic heterocycles. The Balaban J connectivity index is 2.16. The summed E-state index contributed by atoms with van der Waals surface area (Å²) in [4.78, 5) is 12.1. The van der Waals surface area contributed by atoms with E-state index in [9.17, 15) is 4.79 Å².